The minimum absolute atomic E-state index is 0.0966. The maximum absolute atomic E-state index is 12.0. The molecule has 21 heavy (non-hydrogen) atoms. The second-order valence-corrected chi connectivity index (χ2v) is 5.48. The molecule has 2 atom stereocenters. The molecule has 1 aromatic carbocycles. The quantitative estimate of drug-likeness (QED) is 0.749. The molecule has 118 valence electrons. The number of hydrogen-bond acceptors (Lipinski definition) is 4. The van der Waals surface area contributed by atoms with Gasteiger partial charge in [-0.05, 0) is 44.5 Å². The van der Waals surface area contributed by atoms with Crippen LogP contribution in [0.3, 0.4) is 0 Å². The summed E-state index contributed by atoms with van der Waals surface area (Å²) < 4.78 is 10.8. The summed E-state index contributed by atoms with van der Waals surface area (Å²) in [5.74, 6) is 0.560. The maximum atomic E-state index is 12.0. The van der Waals surface area contributed by atoms with Gasteiger partial charge in [-0.15, -0.1) is 0 Å². The van der Waals surface area contributed by atoms with E-state index >= 15 is 0 Å². The van der Waals surface area contributed by atoms with Gasteiger partial charge in [0.25, 0.3) is 0 Å². The zero-order chi connectivity index (χ0) is 15.9. The normalized spacial score (nSPS) is 15.1. The van der Waals surface area contributed by atoms with Gasteiger partial charge in [-0.1, -0.05) is 26.0 Å². The molecule has 0 aliphatic rings. The van der Waals surface area contributed by atoms with Gasteiger partial charge >= 0.3 is 5.97 Å². The first kappa shape index (κ1) is 17.5. The van der Waals surface area contributed by atoms with Crippen molar-refractivity contribution in [3.63, 3.8) is 0 Å². The minimum Gasteiger partial charge on any atom is -0.491 e. The molecule has 0 aliphatic heterocycles. The van der Waals surface area contributed by atoms with Gasteiger partial charge in [-0.25, -0.2) is 0 Å². The molecular weight excluding hydrogens is 266 g/mol. The molecule has 0 aliphatic carbocycles. The molecule has 1 N–H and O–H groups in total. The Labute approximate surface area is 127 Å². The number of carbonyl (C=O) groups is 1. The average molecular weight is 293 g/mol. The van der Waals surface area contributed by atoms with Crippen LogP contribution < -0.4 is 10.1 Å². The van der Waals surface area contributed by atoms with E-state index in [1.807, 2.05) is 32.9 Å². The van der Waals surface area contributed by atoms with Gasteiger partial charge in [-0.3, -0.25) is 4.79 Å². The summed E-state index contributed by atoms with van der Waals surface area (Å²) in [4.78, 5) is 12.0. The highest BCUT2D eigenvalue weighted by molar-refractivity contribution is 5.80. The summed E-state index contributed by atoms with van der Waals surface area (Å²) in [6.45, 7) is 8.60. The Morgan fingerprint density at radius 3 is 2.38 bits per heavy atom. The number of methoxy groups -OCH3 is 1. The second-order valence-electron chi connectivity index (χ2n) is 5.48. The van der Waals surface area contributed by atoms with Crippen LogP contribution in [0.15, 0.2) is 24.3 Å². The van der Waals surface area contributed by atoms with E-state index in [4.69, 9.17) is 9.47 Å². The van der Waals surface area contributed by atoms with Crippen molar-refractivity contribution < 1.29 is 14.3 Å². The number of aryl methyl sites for hydroxylation is 1. The average Bonchev–Trinajstić information content (AvgIpc) is 2.47. The molecule has 0 aromatic heterocycles. The largest absolute Gasteiger partial charge is 0.491 e. The van der Waals surface area contributed by atoms with E-state index in [0.29, 0.717) is 13.0 Å². The van der Waals surface area contributed by atoms with Crippen molar-refractivity contribution in [2.45, 2.75) is 52.2 Å². The fourth-order valence-electron chi connectivity index (χ4n) is 2.50. The van der Waals surface area contributed by atoms with Gasteiger partial charge in [0.1, 0.15) is 11.3 Å². The van der Waals surface area contributed by atoms with E-state index in [0.717, 1.165) is 12.2 Å². The molecule has 0 saturated carbocycles. The Morgan fingerprint density at radius 2 is 1.90 bits per heavy atom. The first-order valence-electron chi connectivity index (χ1n) is 7.54. The maximum Gasteiger partial charge on any atom is 0.325 e. The zero-order valence-electron chi connectivity index (χ0n) is 13.7. The summed E-state index contributed by atoms with van der Waals surface area (Å²) in [5, 5.41) is 3.19. The first-order chi connectivity index (χ1) is 9.95. The summed E-state index contributed by atoms with van der Waals surface area (Å²) >= 11 is 0. The number of esters is 1. The van der Waals surface area contributed by atoms with Crippen molar-refractivity contribution >= 4 is 5.97 Å². The van der Waals surface area contributed by atoms with Crippen LogP contribution in [-0.4, -0.2) is 31.3 Å². The molecule has 4 heteroatoms. The topological polar surface area (TPSA) is 47.6 Å². The number of benzene rings is 1. The summed E-state index contributed by atoms with van der Waals surface area (Å²) in [6, 6.07) is 8.06. The summed E-state index contributed by atoms with van der Waals surface area (Å²) in [5.41, 5.74) is 0.550. The molecule has 0 heterocycles. The minimum atomic E-state index is -0.730. The number of hydrogen-bond donors (Lipinski definition) is 1. The lowest BCUT2D eigenvalue weighted by Gasteiger charge is -2.30. The Kier molecular flexibility index (Phi) is 6.69. The van der Waals surface area contributed by atoms with Crippen molar-refractivity contribution in [3.05, 3.63) is 29.8 Å². The smallest absolute Gasteiger partial charge is 0.325 e. The van der Waals surface area contributed by atoms with Crippen molar-refractivity contribution in [3.8, 4) is 5.75 Å². The van der Waals surface area contributed by atoms with E-state index in [-0.39, 0.29) is 12.1 Å². The number of rotatable bonds is 8. The third-order valence-corrected chi connectivity index (χ3v) is 3.57. The van der Waals surface area contributed by atoms with E-state index in [1.54, 1.807) is 0 Å². The number of carbonyl (C=O) groups excluding carboxylic acids is 1. The molecule has 1 rings (SSSR count). The van der Waals surface area contributed by atoms with Crippen molar-refractivity contribution in [2.24, 2.45) is 0 Å². The van der Waals surface area contributed by atoms with Crippen LogP contribution >= 0.6 is 0 Å². The van der Waals surface area contributed by atoms with Crippen LogP contribution in [0.1, 0.15) is 39.7 Å². The fourth-order valence-corrected chi connectivity index (χ4v) is 2.50. The number of likely N-dealkylation sites (N-methyl/N-ethyl adjacent to an activating group) is 1. The van der Waals surface area contributed by atoms with Gasteiger partial charge in [0, 0.05) is 6.42 Å². The van der Waals surface area contributed by atoms with Gasteiger partial charge in [0.15, 0.2) is 0 Å². The number of nitrogens with one attached hydrogen (secondary N) is 1. The van der Waals surface area contributed by atoms with Gasteiger partial charge < -0.3 is 14.8 Å². The molecule has 4 nitrogen and oxygen atoms in total. The number of ether oxygens (including phenoxy) is 2. The van der Waals surface area contributed by atoms with Gasteiger partial charge in [0.05, 0.1) is 13.2 Å². The van der Waals surface area contributed by atoms with E-state index in [9.17, 15) is 4.79 Å². The van der Waals surface area contributed by atoms with Gasteiger partial charge in [-0.2, -0.15) is 0 Å². The Balaban J connectivity index is 2.68. The monoisotopic (exact) mass is 293 g/mol. The first-order valence-corrected chi connectivity index (χ1v) is 7.54. The molecule has 0 spiro atoms. The van der Waals surface area contributed by atoms with Crippen molar-refractivity contribution in [1.29, 1.82) is 0 Å². The molecule has 0 saturated heterocycles. The van der Waals surface area contributed by atoms with Crippen molar-refractivity contribution in [1.82, 2.24) is 5.32 Å². The fraction of sp³-hybridized carbons (Fsp3) is 0.588. The molecular formula is C17H27NO3. The highest BCUT2D eigenvalue weighted by Gasteiger charge is 2.35. The summed E-state index contributed by atoms with van der Waals surface area (Å²) in [6.07, 6.45) is 1.46. The molecule has 1 aromatic rings. The summed E-state index contributed by atoms with van der Waals surface area (Å²) in [7, 11) is 1.41. The molecule has 0 radical (unpaired) electrons. The Bertz CT molecular complexity index is 444. The molecule has 2 unspecified atom stereocenters. The zero-order valence-corrected chi connectivity index (χ0v) is 13.7. The van der Waals surface area contributed by atoms with Crippen LogP contribution in [0, 0.1) is 0 Å². The predicted octanol–water partition coefficient (Wildman–Crippen LogP) is 2.95. The Hall–Kier alpha value is -1.55. The Morgan fingerprint density at radius 1 is 1.29 bits per heavy atom. The predicted molar refractivity (Wildman–Crippen MR) is 84.6 cm³/mol. The standard InChI is InChI=1S/C17H27NO3/c1-6-14-8-10-15(11-9-14)21-13(3)12-17(4,18-7-2)16(19)20-5/h8-11,13,18H,6-7,12H2,1-5H3. The van der Waals surface area contributed by atoms with Crippen LogP contribution in [0.4, 0.5) is 0 Å². The van der Waals surface area contributed by atoms with Crippen LogP contribution in [0.2, 0.25) is 0 Å². The highest BCUT2D eigenvalue weighted by Crippen LogP contribution is 2.20. The third kappa shape index (κ3) is 5.05. The van der Waals surface area contributed by atoms with Crippen LogP contribution in [0.5, 0.6) is 5.75 Å². The lowest BCUT2D eigenvalue weighted by Crippen LogP contribution is -2.52. The van der Waals surface area contributed by atoms with Crippen LogP contribution in [-0.2, 0) is 16.0 Å². The third-order valence-electron chi connectivity index (χ3n) is 3.57. The van der Waals surface area contributed by atoms with E-state index < -0.39 is 5.54 Å². The van der Waals surface area contributed by atoms with Gasteiger partial charge in [0.2, 0.25) is 0 Å². The van der Waals surface area contributed by atoms with Crippen LogP contribution in [0.25, 0.3) is 0 Å². The lowest BCUT2D eigenvalue weighted by atomic mass is 9.94. The SMILES string of the molecule is CCNC(C)(CC(C)Oc1ccc(CC)cc1)C(=O)OC. The lowest BCUT2D eigenvalue weighted by molar-refractivity contribution is -0.149. The molecule has 0 bridgehead atoms. The second kappa shape index (κ2) is 8.03. The van der Waals surface area contributed by atoms with Crippen molar-refractivity contribution in [2.75, 3.05) is 13.7 Å². The molecule has 0 amide bonds. The molecule has 0 fully saturated rings. The highest BCUT2D eigenvalue weighted by atomic mass is 16.5. The van der Waals surface area contributed by atoms with E-state index in [1.165, 1.54) is 12.7 Å². The van der Waals surface area contributed by atoms with E-state index in [2.05, 4.69) is 24.4 Å².